The highest BCUT2D eigenvalue weighted by atomic mass is 79.9. The van der Waals surface area contributed by atoms with E-state index in [0.717, 1.165) is 22.8 Å². The first-order valence-corrected chi connectivity index (χ1v) is 16.1. The Labute approximate surface area is 283 Å². The summed E-state index contributed by atoms with van der Waals surface area (Å²) in [6.07, 6.45) is -2.07. The van der Waals surface area contributed by atoms with Gasteiger partial charge in [0.1, 0.15) is 5.82 Å². The lowest BCUT2D eigenvalue weighted by molar-refractivity contribution is -0.138. The highest BCUT2D eigenvalue weighted by Crippen LogP contribution is 2.45. The molecule has 0 radical (unpaired) electrons. The van der Waals surface area contributed by atoms with Crippen molar-refractivity contribution in [1.29, 1.82) is 0 Å². The van der Waals surface area contributed by atoms with E-state index >= 15 is 0 Å². The van der Waals surface area contributed by atoms with Crippen LogP contribution in [0, 0.1) is 5.92 Å². The normalized spacial score (nSPS) is 20.8. The molecule has 1 saturated heterocycles. The van der Waals surface area contributed by atoms with E-state index in [9.17, 15) is 22.8 Å². The zero-order chi connectivity index (χ0) is 33.9. The lowest BCUT2D eigenvalue weighted by Gasteiger charge is -2.47. The number of aliphatic imine (C=N–C) groups is 1. The van der Waals surface area contributed by atoms with E-state index in [2.05, 4.69) is 27.5 Å². The monoisotopic (exact) mass is 718 g/mol. The number of aromatic nitrogens is 2. The number of amides is 2. The minimum Gasteiger partial charge on any atom is -0.358 e. The van der Waals surface area contributed by atoms with Crippen molar-refractivity contribution < 1.29 is 27.6 Å². The zero-order valence-corrected chi connectivity index (χ0v) is 27.6. The number of fused-ring (bicyclic) bond motifs is 3. The van der Waals surface area contributed by atoms with Crippen LogP contribution in [0.15, 0.2) is 101 Å². The van der Waals surface area contributed by atoms with Gasteiger partial charge in [-0.3, -0.25) is 14.5 Å². The number of likely N-dealkylation sites (tertiary alicyclic amines) is 1. The van der Waals surface area contributed by atoms with Gasteiger partial charge in [0, 0.05) is 47.2 Å². The SMILES string of the molecule is C=C1N=C(c2ccc(N3C(=O)C4C[C@@H](C)N(C(=O)c5ccc(Br)c(C(F)(F)F)c5)CC4n4ncc(Cc5ccccc5)c43)cc2)N(C)O1. The van der Waals surface area contributed by atoms with Crippen molar-refractivity contribution in [3.63, 3.8) is 0 Å². The van der Waals surface area contributed by atoms with E-state index in [1.807, 2.05) is 61.5 Å². The summed E-state index contributed by atoms with van der Waals surface area (Å²) in [4.78, 5) is 41.3. The Bertz CT molecular complexity index is 1960. The fraction of sp³-hybridized carbons (Fsp3) is 0.257. The highest BCUT2D eigenvalue weighted by Gasteiger charge is 2.48. The van der Waals surface area contributed by atoms with E-state index in [0.29, 0.717) is 30.2 Å². The fourth-order valence-corrected chi connectivity index (χ4v) is 7.23. The number of amidine groups is 1. The molecule has 2 unspecified atom stereocenters. The molecule has 48 heavy (non-hydrogen) atoms. The highest BCUT2D eigenvalue weighted by molar-refractivity contribution is 9.10. The molecule has 0 bridgehead atoms. The molecule has 3 atom stereocenters. The maximum Gasteiger partial charge on any atom is 0.417 e. The van der Waals surface area contributed by atoms with E-state index in [1.54, 1.807) is 27.7 Å². The maximum atomic E-state index is 14.5. The van der Waals surface area contributed by atoms with Crippen LogP contribution < -0.4 is 4.90 Å². The van der Waals surface area contributed by atoms with E-state index in [-0.39, 0.29) is 28.4 Å². The van der Waals surface area contributed by atoms with Crippen molar-refractivity contribution in [1.82, 2.24) is 19.7 Å². The van der Waals surface area contributed by atoms with Gasteiger partial charge in [-0.1, -0.05) is 46.3 Å². The van der Waals surface area contributed by atoms with Crippen LogP contribution in [0.1, 0.15) is 52.0 Å². The van der Waals surface area contributed by atoms with Gasteiger partial charge in [0.15, 0.2) is 5.84 Å². The summed E-state index contributed by atoms with van der Waals surface area (Å²) in [7, 11) is 1.73. The van der Waals surface area contributed by atoms with Crippen molar-refractivity contribution in [2.45, 2.75) is 38.0 Å². The number of piperidine rings is 1. The predicted octanol–water partition coefficient (Wildman–Crippen LogP) is 7.12. The van der Waals surface area contributed by atoms with Crippen LogP contribution >= 0.6 is 15.9 Å². The number of hydroxylamine groups is 2. The molecule has 0 saturated carbocycles. The average Bonchev–Trinajstić information content (AvgIpc) is 3.62. The summed E-state index contributed by atoms with van der Waals surface area (Å²) in [6.45, 7) is 5.68. The molecule has 3 aliphatic rings. The first-order chi connectivity index (χ1) is 22.9. The number of hydrogen-bond acceptors (Lipinski definition) is 6. The van der Waals surface area contributed by atoms with E-state index < -0.39 is 35.6 Å². The summed E-state index contributed by atoms with van der Waals surface area (Å²) in [5.74, 6) is 0.264. The van der Waals surface area contributed by atoms with Gasteiger partial charge in [-0.2, -0.15) is 28.3 Å². The molecule has 4 aromatic rings. The molecule has 0 spiro atoms. The van der Waals surface area contributed by atoms with Crippen molar-refractivity contribution in [3.8, 4) is 0 Å². The molecular weight excluding hydrogens is 689 g/mol. The first-order valence-electron chi connectivity index (χ1n) is 15.3. The largest absolute Gasteiger partial charge is 0.417 e. The summed E-state index contributed by atoms with van der Waals surface area (Å²) in [5.41, 5.74) is 2.28. The molecule has 3 aromatic carbocycles. The summed E-state index contributed by atoms with van der Waals surface area (Å²) in [6, 6.07) is 19.8. The number of carbonyl (C=O) groups excluding carboxylic acids is 2. The van der Waals surface area contributed by atoms with Gasteiger partial charge >= 0.3 is 6.18 Å². The van der Waals surface area contributed by atoms with Crippen LogP contribution in [0.5, 0.6) is 0 Å². The van der Waals surface area contributed by atoms with Crippen molar-refractivity contribution >= 4 is 45.1 Å². The summed E-state index contributed by atoms with van der Waals surface area (Å²) in [5, 5.41) is 6.30. The number of anilines is 2. The molecule has 2 amide bonds. The Morgan fingerprint density at radius 1 is 1.08 bits per heavy atom. The molecule has 13 heteroatoms. The molecule has 1 fully saturated rings. The lowest BCUT2D eigenvalue weighted by Crippen LogP contribution is -2.56. The van der Waals surface area contributed by atoms with Crippen molar-refractivity contribution in [2.75, 3.05) is 18.5 Å². The Kier molecular flexibility index (Phi) is 7.89. The van der Waals surface area contributed by atoms with Gasteiger partial charge in [-0.25, -0.2) is 4.68 Å². The lowest BCUT2D eigenvalue weighted by atomic mass is 9.84. The third-order valence-corrected chi connectivity index (χ3v) is 9.74. The molecule has 4 heterocycles. The van der Waals surface area contributed by atoms with Gasteiger partial charge < -0.3 is 9.74 Å². The van der Waals surface area contributed by atoms with Gasteiger partial charge in [0.2, 0.25) is 11.8 Å². The van der Waals surface area contributed by atoms with E-state index in [1.165, 1.54) is 17.2 Å². The summed E-state index contributed by atoms with van der Waals surface area (Å²) < 4.78 is 42.7. The van der Waals surface area contributed by atoms with Gasteiger partial charge in [0.25, 0.3) is 5.91 Å². The molecule has 0 N–H and O–H groups in total. The van der Waals surface area contributed by atoms with Gasteiger partial charge in [-0.15, -0.1) is 0 Å². The number of alkyl halides is 3. The number of rotatable bonds is 5. The Balaban J connectivity index is 1.26. The molecule has 246 valence electrons. The number of nitrogens with zero attached hydrogens (tertiary/aromatic N) is 6. The van der Waals surface area contributed by atoms with Crippen LogP contribution in [0.2, 0.25) is 0 Å². The minimum absolute atomic E-state index is 0.0726. The van der Waals surface area contributed by atoms with Gasteiger partial charge in [-0.05, 0) is 68.0 Å². The molecule has 3 aliphatic heterocycles. The van der Waals surface area contributed by atoms with Crippen LogP contribution in [0.4, 0.5) is 24.7 Å². The zero-order valence-electron chi connectivity index (χ0n) is 26.0. The topological polar surface area (TPSA) is 83.3 Å². The van der Waals surface area contributed by atoms with Crippen LogP contribution in [-0.2, 0) is 22.2 Å². The molecule has 7 rings (SSSR count). The second-order valence-electron chi connectivity index (χ2n) is 12.1. The summed E-state index contributed by atoms with van der Waals surface area (Å²) >= 11 is 2.95. The quantitative estimate of drug-likeness (QED) is 0.220. The Hall–Kier alpha value is -4.91. The number of benzene rings is 3. The first kappa shape index (κ1) is 31.7. The Morgan fingerprint density at radius 3 is 2.48 bits per heavy atom. The second kappa shape index (κ2) is 12.0. The molecular formula is C35H30BrF3N6O3. The predicted molar refractivity (Wildman–Crippen MR) is 176 cm³/mol. The smallest absolute Gasteiger partial charge is 0.358 e. The molecule has 1 aromatic heterocycles. The second-order valence-corrected chi connectivity index (χ2v) is 13.0. The van der Waals surface area contributed by atoms with Gasteiger partial charge in [0.05, 0.1) is 29.4 Å². The molecule has 9 nitrogen and oxygen atoms in total. The molecule has 0 aliphatic carbocycles. The van der Waals surface area contributed by atoms with Crippen LogP contribution in [0.25, 0.3) is 0 Å². The number of hydrogen-bond donors (Lipinski definition) is 0. The van der Waals surface area contributed by atoms with Crippen molar-refractivity contribution in [2.24, 2.45) is 10.9 Å². The third-order valence-electron chi connectivity index (χ3n) is 9.05. The van der Waals surface area contributed by atoms with Crippen molar-refractivity contribution in [3.05, 3.63) is 124 Å². The Morgan fingerprint density at radius 2 is 1.81 bits per heavy atom. The maximum absolute atomic E-state index is 14.5. The van der Waals surface area contributed by atoms with Crippen LogP contribution in [0.3, 0.4) is 0 Å². The van der Waals surface area contributed by atoms with E-state index in [4.69, 9.17) is 9.94 Å². The standard InChI is InChI=1S/C35H30BrF3N6O3/c1-20-15-27-30(19-43(20)33(46)24-11-14-29(36)28(17-24)35(37,38)39)45-32(25(18-40-45)16-22-7-5-4-6-8-22)44(34(27)47)26-12-9-23(10-13-26)31-41-21(2)48-42(31)3/h4-14,17-18,20,27,30H,2,15-16,19H2,1,3H3/t20-,27?,30?/m1/s1. The number of halogens is 4. The van der Waals surface area contributed by atoms with Crippen LogP contribution in [-0.4, -0.2) is 57.0 Å². The number of carbonyl (C=O) groups is 2. The minimum atomic E-state index is -4.63. The third kappa shape index (κ3) is 5.55. The average molecular weight is 720 g/mol. The fourth-order valence-electron chi connectivity index (χ4n) is 6.75.